The predicted molar refractivity (Wildman–Crippen MR) is 57.9 cm³/mol. The van der Waals surface area contributed by atoms with Crippen LogP contribution in [0.15, 0.2) is 0 Å². The molecule has 0 amide bonds. The zero-order valence-electron chi connectivity index (χ0n) is 9.33. The lowest BCUT2D eigenvalue weighted by Crippen LogP contribution is -2.55. The average molecular weight is 212 g/mol. The fourth-order valence-electron chi connectivity index (χ4n) is 3.25. The van der Waals surface area contributed by atoms with Crippen molar-refractivity contribution in [3.05, 3.63) is 0 Å². The minimum atomic E-state index is -0.684. The summed E-state index contributed by atoms with van der Waals surface area (Å²) in [4.78, 5) is 13.4. The molecular formula is C11H20N2O2. The third-order valence-electron chi connectivity index (χ3n) is 4.06. The molecule has 0 bridgehead atoms. The second kappa shape index (κ2) is 4.10. The molecule has 15 heavy (non-hydrogen) atoms. The van der Waals surface area contributed by atoms with Crippen molar-refractivity contribution in [1.29, 1.82) is 0 Å². The summed E-state index contributed by atoms with van der Waals surface area (Å²) in [5.74, 6) is -0.684. The van der Waals surface area contributed by atoms with Gasteiger partial charge in [-0.15, -0.1) is 0 Å². The SMILES string of the molecule is CNC1(CC(=O)O)CCN2CCCCC21. The molecule has 4 nitrogen and oxygen atoms in total. The molecule has 0 aromatic carbocycles. The molecule has 2 atom stereocenters. The van der Waals surface area contributed by atoms with Gasteiger partial charge in [0.25, 0.3) is 0 Å². The number of carboxylic acids is 1. The average Bonchev–Trinajstić information content (AvgIpc) is 2.58. The highest BCUT2D eigenvalue weighted by Crippen LogP contribution is 2.37. The summed E-state index contributed by atoms with van der Waals surface area (Å²) in [6, 6.07) is 0.437. The first-order valence-corrected chi connectivity index (χ1v) is 5.83. The maximum atomic E-state index is 10.9. The third kappa shape index (κ3) is 1.88. The Morgan fingerprint density at radius 2 is 2.33 bits per heavy atom. The lowest BCUT2D eigenvalue weighted by molar-refractivity contribution is -0.139. The van der Waals surface area contributed by atoms with Gasteiger partial charge in [-0.1, -0.05) is 6.42 Å². The second-order valence-corrected chi connectivity index (χ2v) is 4.77. The molecule has 2 rings (SSSR count). The predicted octanol–water partition coefficient (Wildman–Crippen LogP) is 0.677. The number of piperidine rings is 1. The van der Waals surface area contributed by atoms with E-state index in [1.807, 2.05) is 7.05 Å². The maximum absolute atomic E-state index is 10.9. The minimum Gasteiger partial charge on any atom is -0.481 e. The van der Waals surface area contributed by atoms with Crippen LogP contribution in [-0.4, -0.2) is 47.7 Å². The van der Waals surface area contributed by atoms with Gasteiger partial charge in [-0.2, -0.15) is 0 Å². The van der Waals surface area contributed by atoms with Gasteiger partial charge < -0.3 is 10.4 Å². The Bertz CT molecular complexity index is 257. The fourth-order valence-corrected chi connectivity index (χ4v) is 3.25. The van der Waals surface area contributed by atoms with Crippen LogP contribution in [0.1, 0.15) is 32.1 Å². The quantitative estimate of drug-likeness (QED) is 0.722. The summed E-state index contributed by atoms with van der Waals surface area (Å²) in [5.41, 5.74) is -0.174. The number of hydrogen-bond donors (Lipinski definition) is 2. The molecule has 0 radical (unpaired) electrons. The summed E-state index contributed by atoms with van der Waals surface area (Å²) < 4.78 is 0. The number of rotatable bonds is 3. The first kappa shape index (κ1) is 10.9. The number of hydrogen-bond acceptors (Lipinski definition) is 3. The highest BCUT2D eigenvalue weighted by Gasteiger charge is 2.47. The lowest BCUT2D eigenvalue weighted by atomic mass is 9.83. The van der Waals surface area contributed by atoms with Crippen LogP contribution in [-0.2, 0) is 4.79 Å². The molecule has 2 aliphatic rings. The van der Waals surface area contributed by atoms with Gasteiger partial charge in [0.2, 0.25) is 0 Å². The van der Waals surface area contributed by atoms with Crippen molar-refractivity contribution in [2.24, 2.45) is 0 Å². The summed E-state index contributed by atoms with van der Waals surface area (Å²) in [7, 11) is 1.90. The molecular weight excluding hydrogens is 192 g/mol. The number of nitrogens with one attached hydrogen (secondary N) is 1. The van der Waals surface area contributed by atoms with Gasteiger partial charge in [-0.25, -0.2) is 0 Å². The number of nitrogens with zero attached hydrogens (tertiary/aromatic N) is 1. The first-order chi connectivity index (χ1) is 7.18. The van der Waals surface area contributed by atoms with Crippen LogP contribution in [0.4, 0.5) is 0 Å². The Morgan fingerprint density at radius 1 is 1.53 bits per heavy atom. The molecule has 0 aromatic rings. The van der Waals surface area contributed by atoms with E-state index in [4.69, 9.17) is 5.11 Å². The van der Waals surface area contributed by atoms with Gasteiger partial charge >= 0.3 is 5.97 Å². The number of carbonyl (C=O) groups is 1. The van der Waals surface area contributed by atoms with E-state index in [9.17, 15) is 4.79 Å². The Hall–Kier alpha value is -0.610. The van der Waals surface area contributed by atoms with Crippen molar-refractivity contribution >= 4 is 5.97 Å². The van der Waals surface area contributed by atoms with Crippen molar-refractivity contribution in [3.63, 3.8) is 0 Å². The Kier molecular flexibility index (Phi) is 2.98. The van der Waals surface area contributed by atoms with E-state index in [-0.39, 0.29) is 12.0 Å². The largest absolute Gasteiger partial charge is 0.481 e. The van der Waals surface area contributed by atoms with Gasteiger partial charge in [0.15, 0.2) is 0 Å². The maximum Gasteiger partial charge on any atom is 0.305 e. The highest BCUT2D eigenvalue weighted by molar-refractivity contribution is 5.68. The molecule has 4 heteroatoms. The van der Waals surface area contributed by atoms with E-state index in [0.717, 1.165) is 25.9 Å². The number of likely N-dealkylation sites (N-methyl/N-ethyl adjacent to an activating group) is 1. The fraction of sp³-hybridized carbons (Fsp3) is 0.909. The van der Waals surface area contributed by atoms with Crippen LogP contribution in [0, 0.1) is 0 Å². The topological polar surface area (TPSA) is 52.6 Å². The second-order valence-electron chi connectivity index (χ2n) is 4.77. The molecule has 2 aliphatic heterocycles. The van der Waals surface area contributed by atoms with Gasteiger partial charge in [0, 0.05) is 18.1 Å². The first-order valence-electron chi connectivity index (χ1n) is 5.83. The van der Waals surface area contributed by atoms with Crippen LogP contribution in [0.5, 0.6) is 0 Å². The molecule has 0 aromatic heterocycles. The van der Waals surface area contributed by atoms with Crippen molar-refractivity contribution < 1.29 is 9.90 Å². The molecule has 0 spiro atoms. The van der Waals surface area contributed by atoms with Crippen LogP contribution < -0.4 is 5.32 Å². The number of fused-ring (bicyclic) bond motifs is 1. The summed E-state index contributed by atoms with van der Waals surface area (Å²) in [6.45, 7) is 2.20. The molecule has 0 aliphatic carbocycles. The standard InChI is InChI=1S/C11H20N2O2/c1-12-11(8-10(14)15)5-7-13-6-3-2-4-9(11)13/h9,12H,2-8H2,1H3,(H,14,15). The Morgan fingerprint density at radius 3 is 3.00 bits per heavy atom. The van der Waals surface area contributed by atoms with Gasteiger partial charge in [0.05, 0.1) is 6.42 Å². The van der Waals surface area contributed by atoms with Crippen LogP contribution in [0.25, 0.3) is 0 Å². The zero-order valence-corrected chi connectivity index (χ0v) is 9.33. The van der Waals surface area contributed by atoms with E-state index in [1.54, 1.807) is 0 Å². The molecule has 0 saturated carbocycles. The van der Waals surface area contributed by atoms with Gasteiger partial charge in [0.1, 0.15) is 0 Å². The smallest absolute Gasteiger partial charge is 0.305 e. The summed E-state index contributed by atoms with van der Waals surface area (Å²) in [6.07, 6.45) is 4.88. The number of carboxylic acid groups (broad SMARTS) is 1. The van der Waals surface area contributed by atoms with Crippen molar-refractivity contribution in [2.45, 2.75) is 43.7 Å². The van der Waals surface area contributed by atoms with E-state index < -0.39 is 5.97 Å². The monoisotopic (exact) mass is 212 g/mol. The molecule has 2 N–H and O–H groups in total. The number of aliphatic carboxylic acids is 1. The third-order valence-corrected chi connectivity index (χ3v) is 4.06. The van der Waals surface area contributed by atoms with E-state index in [0.29, 0.717) is 6.04 Å². The molecule has 2 unspecified atom stereocenters. The molecule has 2 saturated heterocycles. The van der Waals surface area contributed by atoms with Crippen molar-refractivity contribution in [2.75, 3.05) is 20.1 Å². The van der Waals surface area contributed by atoms with E-state index >= 15 is 0 Å². The molecule has 86 valence electrons. The van der Waals surface area contributed by atoms with Crippen LogP contribution in [0.2, 0.25) is 0 Å². The van der Waals surface area contributed by atoms with E-state index in [1.165, 1.54) is 12.8 Å². The van der Waals surface area contributed by atoms with Crippen LogP contribution >= 0.6 is 0 Å². The Labute approximate surface area is 90.6 Å². The highest BCUT2D eigenvalue weighted by atomic mass is 16.4. The summed E-state index contributed by atoms with van der Waals surface area (Å²) >= 11 is 0. The van der Waals surface area contributed by atoms with Gasteiger partial charge in [-0.05, 0) is 32.9 Å². The normalized spacial score (nSPS) is 36.5. The molecule has 2 heterocycles. The van der Waals surface area contributed by atoms with Gasteiger partial charge in [-0.3, -0.25) is 9.69 Å². The Balaban J connectivity index is 2.14. The van der Waals surface area contributed by atoms with E-state index in [2.05, 4.69) is 10.2 Å². The van der Waals surface area contributed by atoms with Crippen LogP contribution in [0.3, 0.4) is 0 Å². The lowest BCUT2D eigenvalue weighted by Gasteiger charge is -2.40. The van der Waals surface area contributed by atoms with Crippen molar-refractivity contribution in [1.82, 2.24) is 10.2 Å². The van der Waals surface area contributed by atoms with Crippen molar-refractivity contribution in [3.8, 4) is 0 Å². The summed E-state index contributed by atoms with van der Waals surface area (Å²) in [5, 5.41) is 12.3. The zero-order chi connectivity index (χ0) is 10.9. The minimum absolute atomic E-state index is 0.174. The molecule has 2 fully saturated rings.